The fourth-order valence-corrected chi connectivity index (χ4v) is 5.38. The van der Waals surface area contributed by atoms with Crippen molar-refractivity contribution < 1.29 is 14.3 Å². The zero-order valence-corrected chi connectivity index (χ0v) is 19.7. The molecule has 0 saturated carbocycles. The molecular weight excluding hydrogens is 412 g/mol. The van der Waals surface area contributed by atoms with Gasteiger partial charge < -0.3 is 19.3 Å². The van der Waals surface area contributed by atoms with Crippen LogP contribution in [-0.4, -0.2) is 68.1 Å². The van der Waals surface area contributed by atoms with Gasteiger partial charge in [-0.15, -0.1) is 0 Å². The molecule has 5 rings (SSSR count). The van der Waals surface area contributed by atoms with E-state index in [0.29, 0.717) is 13.0 Å². The predicted molar refractivity (Wildman–Crippen MR) is 131 cm³/mol. The van der Waals surface area contributed by atoms with E-state index in [1.807, 2.05) is 24.3 Å². The summed E-state index contributed by atoms with van der Waals surface area (Å²) in [5.41, 5.74) is 3.98. The van der Waals surface area contributed by atoms with Crippen LogP contribution in [0.2, 0.25) is 0 Å². The molecule has 2 aliphatic heterocycles. The van der Waals surface area contributed by atoms with Crippen LogP contribution in [0.15, 0.2) is 36.4 Å². The average molecular weight is 449 g/mol. The fraction of sp³-hybridized carbons (Fsp3) is 0.536. The second-order valence-electron chi connectivity index (χ2n) is 9.63. The Balaban J connectivity index is 1.17. The Morgan fingerprint density at radius 1 is 0.667 bits per heavy atom. The largest absolute Gasteiger partial charge is 0.494 e. The number of carbonyl (C=O) groups is 1. The summed E-state index contributed by atoms with van der Waals surface area (Å²) in [5.74, 6) is 1.82. The summed E-state index contributed by atoms with van der Waals surface area (Å²) in [6.45, 7) is 8.52. The van der Waals surface area contributed by atoms with Crippen LogP contribution in [0, 0.1) is 0 Å². The van der Waals surface area contributed by atoms with Crippen molar-refractivity contribution in [3.63, 3.8) is 0 Å². The average Bonchev–Trinajstić information content (AvgIpc) is 3.54. The topological polar surface area (TPSA) is 42.0 Å². The van der Waals surface area contributed by atoms with Crippen LogP contribution >= 0.6 is 0 Å². The molecule has 176 valence electrons. The second-order valence-corrected chi connectivity index (χ2v) is 9.63. The number of hydrogen-bond donors (Lipinski definition) is 0. The van der Waals surface area contributed by atoms with E-state index in [-0.39, 0.29) is 5.78 Å². The third kappa shape index (κ3) is 5.59. The predicted octanol–water partition coefficient (Wildman–Crippen LogP) is 4.82. The Morgan fingerprint density at radius 3 is 1.82 bits per heavy atom. The van der Waals surface area contributed by atoms with Gasteiger partial charge in [-0.1, -0.05) is 6.07 Å². The van der Waals surface area contributed by atoms with Gasteiger partial charge in [0.1, 0.15) is 11.5 Å². The van der Waals surface area contributed by atoms with Crippen LogP contribution in [-0.2, 0) is 6.42 Å². The number of ketones is 1. The first kappa shape index (κ1) is 22.4. The molecule has 2 heterocycles. The molecule has 3 aliphatic rings. The first-order valence-corrected chi connectivity index (χ1v) is 12.8. The maximum absolute atomic E-state index is 12.9. The molecule has 0 unspecified atom stereocenters. The highest BCUT2D eigenvalue weighted by atomic mass is 16.5. The van der Waals surface area contributed by atoms with Gasteiger partial charge in [-0.3, -0.25) is 4.79 Å². The Bertz CT molecular complexity index is 962. The molecule has 0 bridgehead atoms. The summed E-state index contributed by atoms with van der Waals surface area (Å²) in [6.07, 6.45) is 7.78. The summed E-state index contributed by atoms with van der Waals surface area (Å²) in [4.78, 5) is 17.9. The van der Waals surface area contributed by atoms with E-state index in [4.69, 9.17) is 9.47 Å². The van der Waals surface area contributed by atoms with Crippen molar-refractivity contribution in [2.75, 3.05) is 52.5 Å². The maximum Gasteiger partial charge on any atom is 0.168 e. The van der Waals surface area contributed by atoms with Crippen LogP contribution in [0.3, 0.4) is 0 Å². The van der Waals surface area contributed by atoms with E-state index >= 15 is 0 Å². The maximum atomic E-state index is 12.9. The zero-order valence-electron chi connectivity index (χ0n) is 19.7. The smallest absolute Gasteiger partial charge is 0.168 e. The van der Waals surface area contributed by atoms with E-state index in [0.717, 1.165) is 66.3 Å². The Hall–Kier alpha value is -2.37. The van der Waals surface area contributed by atoms with Crippen LogP contribution in [0.25, 0.3) is 11.1 Å². The number of nitrogens with zero attached hydrogens (tertiary/aromatic N) is 2. The van der Waals surface area contributed by atoms with Gasteiger partial charge in [-0.25, -0.2) is 0 Å². The number of Topliss-reactive ketones (excluding diaryl/α,β-unsaturated/α-hetero) is 1. The minimum Gasteiger partial charge on any atom is -0.494 e. The van der Waals surface area contributed by atoms with Gasteiger partial charge in [0.15, 0.2) is 5.78 Å². The number of carbonyl (C=O) groups excluding carboxylic acids is 1. The second kappa shape index (κ2) is 10.7. The normalized spacial score (nSPS) is 18.4. The van der Waals surface area contributed by atoms with E-state index in [1.54, 1.807) is 0 Å². The molecular formula is C28H36N2O3. The van der Waals surface area contributed by atoms with E-state index in [1.165, 1.54) is 51.9 Å². The van der Waals surface area contributed by atoms with Crippen LogP contribution < -0.4 is 9.47 Å². The number of likely N-dealkylation sites (tertiary alicyclic amines) is 2. The van der Waals surface area contributed by atoms with Crippen LogP contribution in [0.1, 0.15) is 54.4 Å². The third-order valence-electron chi connectivity index (χ3n) is 7.18. The standard InChI is InChI=1S/C28H36N2O3/c31-28-20-22-19-23(32-17-5-15-29-11-1-2-12-29)7-9-25(22)26-10-8-24(21-27(26)28)33-18-6-16-30-13-3-4-14-30/h7-10,19,21H,1-6,11-18,20H2. The first-order valence-electron chi connectivity index (χ1n) is 12.8. The van der Waals surface area contributed by atoms with Crippen molar-refractivity contribution >= 4 is 5.78 Å². The highest BCUT2D eigenvalue weighted by Gasteiger charge is 2.23. The highest BCUT2D eigenvalue weighted by Crippen LogP contribution is 2.37. The minimum absolute atomic E-state index is 0.159. The molecule has 2 saturated heterocycles. The summed E-state index contributed by atoms with van der Waals surface area (Å²) >= 11 is 0. The summed E-state index contributed by atoms with van der Waals surface area (Å²) in [5, 5.41) is 0. The van der Waals surface area contributed by atoms with Gasteiger partial charge in [0.25, 0.3) is 0 Å². The molecule has 5 nitrogen and oxygen atoms in total. The van der Waals surface area contributed by atoms with E-state index < -0.39 is 0 Å². The molecule has 5 heteroatoms. The van der Waals surface area contributed by atoms with Gasteiger partial charge in [0, 0.05) is 25.1 Å². The van der Waals surface area contributed by atoms with E-state index in [9.17, 15) is 4.79 Å². The SMILES string of the molecule is O=C1Cc2cc(OCCCN3CCCC3)ccc2-c2ccc(OCCCN3CCCC3)cc21. The van der Waals surface area contributed by atoms with Gasteiger partial charge in [0.05, 0.1) is 13.2 Å². The van der Waals surface area contributed by atoms with Crippen molar-refractivity contribution in [3.8, 4) is 22.6 Å². The molecule has 2 aromatic rings. The number of ether oxygens (including phenoxy) is 2. The Morgan fingerprint density at radius 2 is 1.21 bits per heavy atom. The molecule has 1 aliphatic carbocycles. The van der Waals surface area contributed by atoms with Crippen LogP contribution in [0.4, 0.5) is 0 Å². The molecule has 33 heavy (non-hydrogen) atoms. The number of fused-ring (bicyclic) bond motifs is 3. The Kier molecular flexibility index (Phi) is 7.27. The minimum atomic E-state index is 0.159. The number of benzene rings is 2. The molecule has 2 fully saturated rings. The molecule has 0 atom stereocenters. The van der Waals surface area contributed by atoms with Gasteiger partial charge >= 0.3 is 0 Å². The van der Waals surface area contributed by atoms with Crippen molar-refractivity contribution in [1.82, 2.24) is 9.80 Å². The van der Waals surface area contributed by atoms with Gasteiger partial charge in [-0.05, 0) is 112 Å². The molecule has 0 amide bonds. The zero-order chi connectivity index (χ0) is 22.5. The summed E-state index contributed by atoms with van der Waals surface area (Å²) in [7, 11) is 0. The summed E-state index contributed by atoms with van der Waals surface area (Å²) < 4.78 is 12.0. The highest BCUT2D eigenvalue weighted by molar-refractivity contribution is 6.07. The lowest BCUT2D eigenvalue weighted by Crippen LogP contribution is -2.22. The third-order valence-corrected chi connectivity index (χ3v) is 7.18. The lowest BCUT2D eigenvalue weighted by Gasteiger charge is -2.21. The quantitative estimate of drug-likeness (QED) is 0.488. The molecule has 0 spiro atoms. The molecule has 0 N–H and O–H groups in total. The van der Waals surface area contributed by atoms with Crippen molar-refractivity contribution in [1.29, 1.82) is 0 Å². The number of rotatable bonds is 10. The monoisotopic (exact) mass is 448 g/mol. The lowest BCUT2D eigenvalue weighted by molar-refractivity contribution is 0.0991. The fourth-order valence-electron chi connectivity index (χ4n) is 5.38. The molecule has 0 aromatic heterocycles. The van der Waals surface area contributed by atoms with Gasteiger partial charge in [-0.2, -0.15) is 0 Å². The molecule has 0 radical (unpaired) electrons. The Labute approximate surface area is 197 Å². The lowest BCUT2D eigenvalue weighted by atomic mass is 9.84. The van der Waals surface area contributed by atoms with Crippen LogP contribution in [0.5, 0.6) is 11.5 Å². The van der Waals surface area contributed by atoms with Crippen molar-refractivity contribution in [2.45, 2.75) is 44.9 Å². The first-order chi connectivity index (χ1) is 16.3. The number of hydrogen-bond acceptors (Lipinski definition) is 5. The van der Waals surface area contributed by atoms with E-state index in [2.05, 4.69) is 21.9 Å². The summed E-state index contributed by atoms with van der Waals surface area (Å²) in [6, 6.07) is 12.2. The van der Waals surface area contributed by atoms with Gasteiger partial charge in [0.2, 0.25) is 0 Å². The van der Waals surface area contributed by atoms with Crippen molar-refractivity contribution in [2.24, 2.45) is 0 Å². The van der Waals surface area contributed by atoms with Crippen molar-refractivity contribution in [3.05, 3.63) is 47.5 Å². The molecule has 2 aromatic carbocycles.